The van der Waals surface area contributed by atoms with E-state index >= 15 is 0 Å². The van der Waals surface area contributed by atoms with E-state index in [-0.39, 0.29) is 29.6 Å². The van der Waals surface area contributed by atoms with Crippen LogP contribution in [0, 0.1) is 10.1 Å². The summed E-state index contributed by atoms with van der Waals surface area (Å²) in [7, 11) is 0. The van der Waals surface area contributed by atoms with Crippen LogP contribution in [0.3, 0.4) is 0 Å². The first kappa shape index (κ1) is 13.2. The van der Waals surface area contributed by atoms with Crippen LogP contribution in [0.5, 0.6) is 0 Å². The highest BCUT2D eigenvalue weighted by molar-refractivity contribution is 5.81. The minimum absolute atomic E-state index is 0.0766. The van der Waals surface area contributed by atoms with Crippen LogP contribution in [-0.2, 0) is 9.53 Å². The molecule has 1 amide bonds. The van der Waals surface area contributed by atoms with E-state index in [0.29, 0.717) is 13.0 Å². The van der Waals surface area contributed by atoms with Crippen molar-refractivity contribution >= 4 is 24.1 Å². The Bertz CT molecular complexity index is 660. The molecule has 0 aliphatic carbocycles. The van der Waals surface area contributed by atoms with Gasteiger partial charge in [-0.15, -0.1) is 5.10 Å². The fourth-order valence-electron chi connectivity index (χ4n) is 2.05. The lowest BCUT2D eigenvalue weighted by atomic mass is 10.2. The molecule has 0 spiro atoms. The van der Waals surface area contributed by atoms with Gasteiger partial charge in [0.25, 0.3) is 0 Å². The van der Waals surface area contributed by atoms with Gasteiger partial charge in [-0.2, -0.15) is 4.90 Å². The van der Waals surface area contributed by atoms with Crippen molar-refractivity contribution in [1.29, 1.82) is 0 Å². The summed E-state index contributed by atoms with van der Waals surface area (Å²) in [4.78, 5) is 24.7. The van der Waals surface area contributed by atoms with Gasteiger partial charge in [0, 0.05) is 18.7 Å². The van der Waals surface area contributed by atoms with E-state index < -0.39 is 4.92 Å². The molecule has 21 heavy (non-hydrogen) atoms. The van der Waals surface area contributed by atoms with Crippen LogP contribution in [0.25, 0.3) is 0 Å². The molecule has 0 bridgehead atoms. The minimum atomic E-state index is -0.599. The molecule has 1 N–H and O–H groups in total. The molecule has 1 unspecified atom stereocenters. The summed E-state index contributed by atoms with van der Waals surface area (Å²) < 4.78 is 10.8. The van der Waals surface area contributed by atoms with Gasteiger partial charge in [-0.25, -0.2) is 4.98 Å². The lowest BCUT2D eigenvalue weighted by Gasteiger charge is -2.06. The second-order valence-corrected chi connectivity index (χ2v) is 4.39. The van der Waals surface area contributed by atoms with Gasteiger partial charge in [0.1, 0.15) is 6.10 Å². The summed E-state index contributed by atoms with van der Waals surface area (Å²) in [6, 6.07) is 2.54. The Morgan fingerprint density at radius 3 is 2.95 bits per heavy atom. The lowest BCUT2D eigenvalue weighted by molar-refractivity contribution is -0.389. The number of nitrogens with zero attached hydrogens (tertiary/aromatic N) is 4. The van der Waals surface area contributed by atoms with Gasteiger partial charge < -0.3 is 19.3 Å². The van der Waals surface area contributed by atoms with Crippen LogP contribution in [0.2, 0.25) is 0 Å². The monoisotopic (exact) mass is 293 g/mol. The topological polar surface area (TPSA) is 127 Å². The molecule has 2 aromatic heterocycles. The van der Waals surface area contributed by atoms with Crippen molar-refractivity contribution in [2.75, 3.05) is 11.5 Å². The Balaban J connectivity index is 1.85. The molecule has 0 aromatic carbocycles. The average molecular weight is 293 g/mol. The molecule has 0 saturated carbocycles. The van der Waals surface area contributed by atoms with Crippen molar-refractivity contribution in [1.82, 2.24) is 15.2 Å². The average Bonchev–Trinajstić information content (AvgIpc) is 3.21. The SMILES string of the molecule is O=CN(c1ccc([N+](=O)[O-])[nH]1)c1nnc(C2CCCO2)o1. The molecule has 1 aliphatic heterocycles. The standard InChI is InChI=1S/C11H11N5O5/c17-6-15(8-3-4-9(12-8)16(18)19)11-14-13-10(21-11)7-2-1-5-20-7/h3-4,6-7,12H,1-2,5H2. The molecular formula is C11H11N5O5. The number of ether oxygens (including phenoxy) is 1. The van der Waals surface area contributed by atoms with E-state index in [9.17, 15) is 14.9 Å². The highest BCUT2D eigenvalue weighted by atomic mass is 16.6. The summed E-state index contributed by atoms with van der Waals surface area (Å²) in [5.74, 6) is 0.213. The zero-order valence-electron chi connectivity index (χ0n) is 10.8. The summed E-state index contributed by atoms with van der Waals surface area (Å²) in [6.45, 7) is 0.628. The summed E-state index contributed by atoms with van der Waals surface area (Å²) in [5, 5.41) is 18.3. The fraction of sp³-hybridized carbons (Fsp3) is 0.364. The third kappa shape index (κ3) is 2.48. The molecule has 110 valence electrons. The molecule has 2 aromatic rings. The quantitative estimate of drug-likeness (QED) is 0.502. The number of amides is 1. The molecule has 3 heterocycles. The molecule has 3 rings (SSSR count). The fourth-order valence-corrected chi connectivity index (χ4v) is 2.05. The van der Waals surface area contributed by atoms with Crippen LogP contribution in [0.1, 0.15) is 24.8 Å². The molecule has 10 nitrogen and oxygen atoms in total. The van der Waals surface area contributed by atoms with E-state index in [1.165, 1.54) is 12.1 Å². The minimum Gasteiger partial charge on any atom is -0.404 e. The van der Waals surface area contributed by atoms with Crippen molar-refractivity contribution in [3.63, 3.8) is 0 Å². The van der Waals surface area contributed by atoms with Crippen molar-refractivity contribution in [3.8, 4) is 0 Å². The first-order valence-electron chi connectivity index (χ1n) is 6.22. The molecule has 10 heteroatoms. The zero-order valence-corrected chi connectivity index (χ0v) is 10.8. The van der Waals surface area contributed by atoms with Crippen molar-refractivity contribution in [2.24, 2.45) is 0 Å². The normalized spacial score (nSPS) is 17.8. The van der Waals surface area contributed by atoms with Gasteiger partial charge in [-0.05, 0) is 17.8 Å². The Hall–Kier alpha value is -2.75. The number of carbonyl (C=O) groups is 1. The number of aromatic nitrogens is 3. The van der Waals surface area contributed by atoms with E-state index in [1.807, 2.05) is 0 Å². The smallest absolute Gasteiger partial charge is 0.332 e. The number of nitro groups is 1. The summed E-state index contributed by atoms with van der Waals surface area (Å²) in [6.07, 6.45) is 1.85. The van der Waals surface area contributed by atoms with Crippen LogP contribution in [-0.4, -0.2) is 33.1 Å². The number of anilines is 2. The van der Waals surface area contributed by atoms with Gasteiger partial charge >= 0.3 is 11.8 Å². The van der Waals surface area contributed by atoms with Gasteiger partial charge in [0.2, 0.25) is 18.1 Å². The second-order valence-electron chi connectivity index (χ2n) is 4.39. The van der Waals surface area contributed by atoms with E-state index in [1.54, 1.807) is 0 Å². The predicted molar refractivity (Wildman–Crippen MR) is 67.9 cm³/mol. The van der Waals surface area contributed by atoms with Gasteiger partial charge in [0.15, 0.2) is 0 Å². The van der Waals surface area contributed by atoms with Gasteiger partial charge in [0.05, 0.1) is 0 Å². The van der Waals surface area contributed by atoms with Crippen molar-refractivity contribution < 1.29 is 18.9 Å². The van der Waals surface area contributed by atoms with Crippen molar-refractivity contribution in [2.45, 2.75) is 18.9 Å². The largest absolute Gasteiger partial charge is 0.404 e. The zero-order chi connectivity index (χ0) is 14.8. The van der Waals surface area contributed by atoms with E-state index in [4.69, 9.17) is 9.15 Å². The third-order valence-electron chi connectivity index (χ3n) is 3.06. The number of aromatic amines is 1. The Morgan fingerprint density at radius 2 is 2.33 bits per heavy atom. The first-order valence-corrected chi connectivity index (χ1v) is 6.22. The summed E-state index contributed by atoms with van der Waals surface area (Å²) >= 11 is 0. The maximum Gasteiger partial charge on any atom is 0.332 e. The highest BCUT2D eigenvalue weighted by Crippen LogP contribution is 2.30. The van der Waals surface area contributed by atoms with Crippen LogP contribution < -0.4 is 4.90 Å². The summed E-state index contributed by atoms with van der Waals surface area (Å²) in [5.41, 5.74) is 0. The number of nitrogens with one attached hydrogen (secondary N) is 1. The highest BCUT2D eigenvalue weighted by Gasteiger charge is 2.27. The molecule has 1 atom stereocenters. The Kier molecular flexibility index (Phi) is 3.36. The lowest BCUT2D eigenvalue weighted by Crippen LogP contribution is -2.14. The van der Waals surface area contributed by atoms with Gasteiger partial charge in [-0.3, -0.25) is 4.79 Å². The number of hydrogen-bond acceptors (Lipinski definition) is 7. The van der Waals surface area contributed by atoms with Gasteiger partial charge in [-0.1, -0.05) is 5.10 Å². The number of rotatable bonds is 5. The number of carbonyl (C=O) groups excluding carboxylic acids is 1. The number of hydrogen-bond donors (Lipinski definition) is 1. The third-order valence-corrected chi connectivity index (χ3v) is 3.06. The molecule has 1 saturated heterocycles. The Labute approximate surface area is 117 Å². The number of H-pyrrole nitrogens is 1. The van der Waals surface area contributed by atoms with E-state index in [0.717, 1.165) is 17.7 Å². The second kappa shape index (κ2) is 5.32. The molecular weight excluding hydrogens is 282 g/mol. The maximum absolute atomic E-state index is 11.2. The van der Waals surface area contributed by atoms with Crippen LogP contribution >= 0.6 is 0 Å². The predicted octanol–water partition coefficient (Wildman–Crippen LogP) is 1.45. The maximum atomic E-state index is 11.2. The Morgan fingerprint density at radius 1 is 1.48 bits per heavy atom. The molecule has 1 fully saturated rings. The molecule has 1 aliphatic rings. The molecule has 0 radical (unpaired) electrons. The van der Waals surface area contributed by atoms with Crippen LogP contribution in [0.4, 0.5) is 17.7 Å². The van der Waals surface area contributed by atoms with Crippen molar-refractivity contribution in [3.05, 3.63) is 28.1 Å². The first-order chi connectivity index (χ1) is 10.2. The van der Waals surface area contributed by atoms with E-state index in [2.05, 4.69) is 15.2 Å². The van der Waals surface area contributed by atoms with Crippen LogP contribution in [0.15, 0.2) is 16.5 Å².